The lowest BCUT2D eigenvalue weighted by Crippen LogP contribution is -2.45. The number of nitrogens with one attached hydrogen (secondary N) is 2. The molecule has 5 nitrogen and oxygen atoms in total. The van der Waals surface area contributed by atoms with Gasteiger partial charge in [0, 0.05) is 17.1 Å². The number of hydrogen-bond donors (Lipinski definition) is 2. The Balaban J connectivity index is 2.30. The Hall–Kier alpha value is -2.61. The van der Waals surface area contributed by atoms with Gasteiger partial charge in [0.1, 0.15) is 5.54 Å². The number of rotatable bonds is 3. The Morgan fingerprint density at radius 3 is 2.68 bits per heavy atom. The van der Waals surface area contributed by atoms with E-state index in [9.17, 15) is 9.59 Å². The molecular weight excluding hydrogens is 242 g/mol. The number of carbonyl (C=O) groups is 2. The van der Waals surface area contributed by atoms with Crippen LogP contribution in [0.1, 0.15) is 24.2 Å². The van der Waals surface area contributed by atoms with Crippen LogP contribution in [0.15, 0.2) is 30.5 Å². The van der Waals surface area contributed by atoms with E-state index in [0.29, 0.717) is 10.9 Å². The number of nitriles is 1. The highest BCUT2D eigenvalue weighted by molar-refractivity contribution is 6.45. The second kappa shape index (κ2) is 4.58. The summed E-state index contributed by atoms with van der Waals surface area (Å²) in [6.45, 7) is 3.07. The molecule has 0 bridgehead atoms. The van der Waals surface area contributed by atoms with E-state index in [-0.39, 0.29) is 0 Å². The molecule has 0 spiro atoms. The van der Waals surface area contributed by atoms with Crippen molar-refractivity contribution in [2.24, 2.45) is 0 Å². The van der Waals surface area contributed by atoms with Gasteiger partial charge in [0.15, 0.2) is 0 Å². The van der Waals surface area contributed by atoms with Crippen LogP contribution in [-0.4, -0.2) is 22.2 Å². The summed E-state index contributed by atoms with van der Waals surface area (Å²) < 4.78 is 0. The fourth-order valence-corrected chi connectivity index (χ4v) is 1.75. The molecule has 0 atom stereocenters. The lowest BCUT2D eigenvalue weighted by Gasteiger charge is -2.16. The summed E-state index contributed by atoms with van der Waals surface area (Å²) >= 11 is 0. The molecule has 0 fully saturated rings. The first-order valence-corrected chi connectivity index (χ1v) is 5.79. The zero-order valence-corrected chi connectivity index (χ0v) is 10.7. The first kappa shape index (κ1) is 12.8. The third-order valence-electron chi connectivity index (χ3n) is 2.75. The number of aromatic amines is 1. The van der Waals surface area contributed by atoms with Gasteiger partial charge in [0.25, 0.3) is 11.7 Å². The van der Waals surface area contributed by atoms with Crippen molar-refractivity contribution < 1.29 is 9.59 Å². The summed E-state index contributed by atoms with van der Waals surface area (Å²) in [6, 6.07) is 9.14. The van der Waals surface area contributed by atoms with Crippen molar-refractivity contribution in [2.45, 2.75) is 19.4 Å². The van der Waals surface area contributed by atoms with Crippen molar-refractivity contribution in [1.29, 1.82) is 5.26 Å². The molecule has 0 aliphatic carbocycles. The summed E-state index contributed by atoms with van der Waals surface area (Å²) in [6.07, 6.45) is 1.51. The number of hydrogen-bond acceptors (Lipinski definition) is 3. The Labute approximate surface area is 110 Å². The molecule has 2 aromatic rings. The molecule has 96 valence electrons. The number of H-pyrrole nitrogens is 1. The highest BCUT2D eigenvalue weighted by atomic mass is 16.2. The monoisotopic (exact) mass is 255 g/mol. The lowest BCUT2D eigenvalue weighted by molar-refractivity contribution is -0.118. The number of amides is 1. The Bertz CT molecular complexity index is 692. The van der Waals surface area contributed by atoms with Gasteiger partial charge in [-0.05, 0) is 19.9 Å². The first-order valence-electron chi connectivity index (χ1n) is 5.79. The standard InChI is InChI=1S/C14H13N3O2/c1-14(2,8-15)17-13(19)12(18)10-7-16-11-6-4-3-5-9(10)11/h3-7,16H,1-2H3,(H,17,19). The summed E-state index contributed by atoms with van der Waals surface area (Å²) in [5.41, 5.74) is 0.0267. The minimum Gasteiger partial charge on any atom is -0.360 e. The second-order valence-electron chi connectivity index (χ2n) is 4.77. The maximum atomic E-state index is 12.1. The smallest absolute Gasteiger partial charge is 0.293 e. The van der Waals surface area contributed by atoms with E-state index in [1.54, 1.807) is 12.1 Å². The van der Waals surface area contributed by atoms with E-state index in [2.05, 4.69) is 10.3 Å². The molecule has 0 saturated carbocycles. The lowest BCUT2D eigenvalue weighted by atomic mass is 10.1. The number of para-hydroxylation sites is 1. The van der Waals surface area contributed by atoms with E-state index in [1.165, 1.54) is 20.0 Å². The van der Waals surface area contributed by atoms with E-state index in [0.717, 1.165) is 5.52 Å². The van der Waals surface area contributed by atoms with Gasteiger partial charge in [-0.3, -0.25) is 9.59 Å². The number of fused-ring (bicyclic) bond motifs is 1. The zero-order valence-electron chi connectivity index (χ0n) is 10.7. The molecule has 0 aliphatic heterocycles. The summed E-state index contributed by atoms with van der Waals surface area (Å²) in [7, 11) is 0. The fourth-order valence-electron chi connectivity index (χ4n) is 1.75. The van der Waals surface area contributed by atoms with Crippen molar-refractivity contribution in [1.82, 2.24) is 10.3 Å². The summed E-state index contributed by atoms with van der Waals surface area (Å²) in [5.74, 6) is -1.43. The van der Waals surface area contributed by atoms with Gasteiger partial charge in [-0.1, -0.05) is 18.2 Å². The number of aromatic nitrogens is 1. The molecule has 0 unspecified atom stereocenters. The van der Waals surface area contributed by atoms with Crippen LogP contribution < -0.4 is 5.32 Å². The van der Waals surface area contributed by atoms with Gasteiger partial charge in [0.2, 0.25) is 0 Å². The Morgan fingerprint density at radius 1 is 1.32 bits per heavy atom. The average Bonchev–Trinajstić information content (AvgIpc) is 2.81. The number of ketones is 1. The normalized spacial score (nSPS) is 11.0. The van der Waals surface area contributed by atoms with Crippen LogP contribution in [-0.2, 0) is 4.79 Å². The Morgan fingerprint density at radius 2 is 2.00 bits per heavy atom. The van der Waals surface area contributed by atoms with E-state index in [4.69, 9.17) is 5.26 Å². The minimum absolute atomic E-state index is 0.307. The average molecular weight is 255 g/mol. The van der Waals surface area contributed by atoms with Gasteiger partial charge >= 0.3 is 0 Å². The van der Waals surface area contributed by atoms with Crippen LogP contribution in [0.3, 0.4) is 0 Å². The quantitative estimate of drug-likeness (QED) is 0.647. The Kier molecular flexibility index (Phi) is 3.09. The first-order chi connectivity index (χ1) is 8.94. The maximum Gasteiger partial charge on any atom is 0.293 e. The summed E-state index contributed by atoms with van der Waals surface area (Å²) in [4.78, 5) is 26.8. The SMILES string of the molecule is CC(C)(C#N)NC(=O)C(=O)c1c[nH]c2ccccc12. The van der Waals surface area contributed by atoms with Crippen LogP contribution in [0, 0.1) is 11.3 Å². The van der Waals surface area contributed by atoms with Gasteiger partial charge in [-0.15, -0.1) is 0 Å². The predicted octanol–water partition coefficient (Wildman–Crippen LogP) is 1.77. The third kappa shape index (κ3) is 2.47. The number of nitrogens with zero attached hydrogens (tertiary/aromatic N) is 1. The fraction of sp³-hybridized carbons (Fsp3) is 0.214. The van der Waals surface area contributed by atoms with Crippen LogP contribution in [0.25, 0.3) is 10.9 Å². The number of benzene rings is 1. The molecule has 2 rings (SSSR count). The van der Waals surface area contributed by atoms with Crippen molar-refractivity contribution in [3.05, 3.63) is 36.0 Å². The third-order valence-corrected chi connectivity index (χ3v) is 2.75. The van der Waals surface area contributed by atoms with Gasteiger partial charge < -0.3 is 10.3 Å². The molecular formula is C14H13N3O2. The van der Waals surface area contributed by atoms with Gasteiger partial charge in [0.05, 0.1) is 11.6 Å². The number of carbonyl (C=O) groups excluding carboxylic acids is 2. The molecule has 19 heavy (non-hydrogen) atoms. The molecule has 0 saturated heterocycles. The van der Waals surface area contributed by atoms with Crippen molar-refractivity contribution in [3.63, 3.8) is 0 Å². The predicted molar refractivity (Wildman–Crippen MR) is 70.5 cm³/mol. The van der Waals surface area contributed by atoms with Crippen LogP contribution in [0.4, 0.5) is 0 Å². The van der Waals surface area contributed by atoms with Gasteiger partial charge in [-0.25, -0.2) is 0 Å². The van der Waals surface area contributed by atoms with Crippen molar-refractivity contribution >= 4 is 22.6 Å². The van der Waals surface area contributed by atoms with Crippen molar-refractivity contribution in [2.75, 3.05) is 0 Å². The zero-order chi connectivity index (χ0) is 14.0. The molecule has 2 N–H and O–H groups in total. The van der Waals surface area contributed by atoms with Crippen LogP contribution in [0.2, 0.25) is 0 Å². The molecule has 0 aliphatic rings. The van der Waals surface area contributed by atoms with Crippen LogP contribution in [0.5, 0.6) is 0 Å². The number of Topliss-reactive ketones (excluding diaryl/α,β-unsaturated/α-hetero) is 1. The van der Waals surface area contributed by atoms with Gasteiger partial charge in [-0.2, -0.15) is 5.26 Å². The molecule has 1 heterocycles. The van der Waals surface area contributed by atoms with E-state index < -0.39 is 17.2 Å². The molecule has 1 amide bonds. The topological polar surface area (TPSA) is 85.8 Å². The molecule has 1 aromatic heterocycles. The molecule has 1 aromatic carbocycles. The van der Waals surface area contributed by atoms with Crippen LogP contribution >= 0.6 is 0 Å². The maximum absolute atomic E-state index is 12.1. The highest BCUT2D eigenvalue weighted by Crippen LogP contribution is 2.18. The largest absolute Gasteiger partial charge is 0.360 e. The second-order valence-corrected chi connectivity index (χ2v) is 4.77. The van der Waals surface area contributed by atoms with E-state index >= 15 is 0 Å². The summed E-state index contributed by atoms with van der Waals surface area (Å²) in [5, 5.41) is 11.9. The highest BCUT2D eigenvalue weighted by Gasteiger charge is 2.26. The van der Waals surface area contributed by atoms with E-state index in [1.807, 2.05) is 18.2 Å². The van der Waals surface area contributed by atoms with Crippen molar-refractivity contribution in [3.8, 4) is 6.07 Å². The minimum atomic E-state index is -1.07. The molecule has 0 radical (unpaired) electrons. The molecule has 5 heteroatoms.